The third-order valence-corrected chi connectivity index (χ3v) is 3.57. The number of para-hydroxylation sites is 1. The number of likely N-dealkylation sites (N-methyl/N-ethyl adjacent to an activating group) is 1. The van der Waals surface area contributed by atoms with Gasteiger partial charge in [0.15, 0.2) is 0 Å². The highest BCUT2D eigenvalue weighted by Gasteiger charge is 2.19. The van der Waals surface area contributed by atoms with Crippen molar-refractivity contribution in [3.8, 4) is 5.75 Å². The fourth-order valence-corrected chi connectivity index (χ4v) is 2.34. The molecular weight excluding hydrogens is 296 g/mol. The lowest BCUT2D eigenvalue weighted by atomic mass is 10.2. The Bertz CT molecular complexity index is 489. The van der Waals surface area contributed by atoms with Gasteiger partial charge in [0.1, 0.15) is 5.75 Å². The third-order valence-electron chi connectivity index (χ3n) is 3.57. The lowest BCUT2D eigenvalue weighted by Crippen LogP contribution is -2.44. The maximum atomic E-state index is 12.2. The van der Waals surface area contributed by atoms with Crippen LogP contribution in [0.5, 0.6) is 5.75 Å². The summed E-state index contributed by atoms with van der Waals surface area (Å²) in [6, 6.07) is 7.63. The minimum Gasteiger partial charge on any atom is -0.493 e. The van der Waals surface area contributed by atoms with Gasteiger partial charge >= 0.3 is 6.03 Å². The van der Waals surface area contributed by atoms with Crippen LogP contribution in [0.3, 0.4) is 0 Å². The summed E-state index contributed by atoms with van der Waals surface area (Å²) in [4.78, 5) is 13.8. The fourth-order valence-electron chi connectivity index (χ4n) is 2.34. The quantitative estimate of drug-likeness (QED) is 0.834. The zero-order chi connectivity index (χ0) is 16.5. The number of hydrogen-bond acceptors (Lipinski definition) is 4. The van der Waals surface area contributed by atoms with Crippen molar-refractivity contribution in [2.45, 2.75) is 26.0 Å². The second-order valence-corrected chi connectivity index (χ2v) is 5.56. The molecule has 1 aromatic carbocycles. The summed E-state index contributed by atoms with van der Waals surface area (Å²) in [5.74, 6) is 0.821. The monoisotopic (exact) mass is 322 g/mol. The molecule has 2 rings (SSSR count). The average Bonchev–Trinajstić information content (AvgIpc) is 2.59. The zero-order valence-electron chi connectivity index (χ0n) is 13.9. The number of carbonyl (C=O) groups is 1. The van der Waals surface area contributed by atoms with Gasteiger partial charge in [0.25, 0.3) is 0 Å². The Morgan fingerprint density at radius 3 is 2.96 bits per heavy atom. The van der Waals surface area contributed by atoms with Crippen LogP contribution in [0.15, 0.2) is 24.3 Å². The predicted octanol–water partition coefficient (Wildman–Crippen LogP) is 2.03. The van der Waals surface area contributed by atoms with Gasteiger partial charge in [-0.3, -0.25) is 0 Å². The van der Waals surface area contributed by atoms with Crippen LogP contribution in [-0.4, -0.2) is 57.1 Å². The molecule has 1 atom stereocenters. The summed E-state index contributed by atoms with van der Waals surface area (Å²) in [6.45, 7) is 5.43. The van der Waals surface area contributed by atoms with Crippen molar-refractivity contribution < 1.29 is 19.0 Å². The van der Waals surface area contributed by atoms with E-state index in [0.29, 0.717) is 39.5 Å². The van der Waals surface area contributed by atoms with Gasteiger partial charge in [-0.1, -0.05) is 25.1 Å². The van der Waals surface area contributed by atoms with Crippen LogP contribution in [0, 0.1) is 0 Å². The molecule has 1 N–H and O–H groups in total. The van der Waals surface area contributed by atoms with Gasteiger partial charge in [-0.25, -0.2) is 4.79 Å². The minimum atomic E-state index is -0.135. The van der Waals surface area contributed by atoms with E-state index < -0.39 is 0 Å². The van der Waals surface area contributed by atoms with Gasteiger partial charge in [0.2, 0.25) is 0 Å². The van der Waals surface area contributed by atoms with Gasteiger partial charge in [-0.15, -0.1) is 0 Å². The molecule has 0 spiro atoms. The third kappa shape index (κ3) is 5.73. The number of carbonyl (C=O) groups excluding carboxylic acids is 1. The molecule has 0 radical (unpaired) electrons. The molecule has 1 aliphatic rings. The molecule has 23 heavy (non-hydrogen) atoms. The SMILES string of the molecule is CCCOc1ccccc1CNC(=O)N(C)C[C@@H]1COCCO1. The van der Waals surface area contributed by atoms with E-state index in [4.69, 9.17) is 14.2 Å². The molecule has 0 aromatic heterocycles. The van der Waals surface area contributed by atoms with Crippen molar-refractivity contribution in [2.75, 3.05) is 40.0 Å². The topological polar surface area (TPSA) is 60.0 Å². The van der Waals surface area contributed by atoms with Gasteiger partial charge in [0.05, 0.1) is 39.1 Å². The Morgan fingerprint density at radius 1 is 1.39 bits per heavy atom. The number of hydrogen-bond donors (Lipinski definition) is 1. The highest BCUT2D eigenvalue weighted by molar-refractivity contribution is 5.74. The largest absolute Gasteiger partial charge is 0.493 e. The summed E-state index contributed by atoms with van der Waals surface area (Å²) in [7, 11) is 1.76. The standard InChI is InChI=1S/C17H26N2O4/c1-3-8-23-16-7-5-4-6-14(16)11-18-17(20)19(2)12-15-13-21-9-10-22-15/h4-7,15H,3,8-13H2,1-2H3,(H,18,20)/t15-/m1/s1. The first kappa shape index (κ1) is 17.6. The van der Waals surface area contributed by atoms with Crippen LogP contribution in [0.4, 0.5) is 4.79 Å². The molecule has 0 bridgehead atoms. The molecule has 0 unspecified atom stereocenters. The van der Waals surface area contributed by atoms with Gasteiger partial charge < -0.3 is 24.4 Å². The summed E-state index contributed by atoms with van der Waals surface area (Å²) in [6.07, 6.45) is 0.895. The molecule has 0 aliphatic carbocycles. The van der Waals surface area contributed by atoms with Crippen LogP contribution in [0.1, 0.15) is 18.9 Å². The number of nitrogens with one attached hydrogen (secondary N) is 1. The number of ether oxygens (including phenoxy) is 3. The highest BCUT2D eigenvalue weighted by Crippen LogP contribution is 2.18. The number of amides is 2. The fraction of sp³-hybridized carbons (Fsp3) is 0.588. The Balaban J connectivity index is 1.81. The summed E-state index contributed by atoms with van der Waals surface area (Å²) < 4.78 is 16.6. The van der Waals surface area contributed by atoms with Gasteiger partial charge in [-0.2, -0.15) is 0 Å². The highest BCUT2D eigenvalue weighted by atomic mass is 16.6. The first-order chi connectivity index (χ1) is 11.2. The van der Waals surface area contributed by atoms with Crippen molar-refractivity contribution in [3.05, 3.63) is 29.8 Å². The Hall–Kier alpha value is -1.79. The number of urea groups is 1. The Kier molecular flexibility index (Phi) is 7.16. The lowest BCUT2D eigenvalue weighted by molar-refractivity contribution is -0.0928. The van der Waals surface area contributed by atoms with Gasteiger partial charge in [0, 0.05) is 19.2 Å². The van der Waals surface area contributed by atoms with E-state index in [2.05, 4.69) is 12.2 Å². The van der Waals surface area contributed by atoms with E-state index in [1.165, 1.54) is 0 Å². The molecule has 6 heteroatoms. The Labute approximate surface area is 137 Å². The average molecular weight is 322 g/mol. The zero-order valence-corrected chi connectivity index (χ0v) is 13.9. The van der Waals surface area contributed by atoms with E-state index in [-0.39, 0.29) is 12.1 Å². The first-order valence-corrected chi connectivity index (χ1v) is 8.09. The second kappa shape index (κ2) is 9.37. The summed E-state index contributed by atoms with van der Waals surface area (Å²) >= 11 is 0. The molecule has 6 nitrogen and oxygen atoms in total. The van der Waals surface area contributed by atoms with Crippen molar-refractivity contribution >= 4 is 6.03 Å². The first-order valence-electron chi connectivity index (χ1n) is 8.09. The molecular formula is C17H26N2O4. The van der Waals surface area contributed by atoms with Crippen LogP contribution in [0.25, 0.3) is 0 Å². The summed E-state index contributed by atoms with van der Waals surface area (Å²) in [5.41, 5.74) is 0.972. The smallest absolute Gasteiger partial charge is 0.317 e. The molecule has 1 fully saturated rings. The molecule has 1 heterocycles. The van der Waals surface area contributed by atoms with Crippen LogP contribution < -0.4 is 10.1 Å². The van der Waals surface area contributed by atoms with E-state index in [1.54, 1.807) is 11.9 Å². The normalized spacial score (nSPS) is 17.6. The van der Waals surface area contributed by atoms with Crippen molar-refractivity contribution in [3.63, 3.8) is 0 Å². The van der Waals surface area contributed by atoms with Crippen LogP contribution >= 0.6 is 0 Å². The van der Waals surface area contributed by atoms with Crippen molar-refractivity contribution in [1.29, 1.82) is 0 Å². The second-order valence-electron chi connectivity index (χ2n) is 5.56. The molecule has 128 valence electrons. The van der Waals surface area contributed by atoms with E-state index in [1.807, 2.05) is 24.3 Å². The maximum Gasteiger partial charge on any atom is 0.317 e. The van der Waals surface area contributed by atoms with Gasteiger partial charge in [-0.05, 0) is 12.5 Å². The number of nitrogens with zero attached hydrogens (tertiary/aromatic N) is 1. The minimum absolute atomic E-state index is 0.0559. The number of benzene rings is 1. The van der Waals surface area contributed by atoms with Crippen LogP contribution in [-0.2, 0) is 16.0 Å². The molecule has 2 amide bonds. The molecule has 1 saturated heterocycles. The maximum absolute atomic E-state index is 12.2. The predicted molar refractivity (Wildman–Crippen MR) is 87.7 cm³/mol. The lowest BCUT2D eigenvalue weighted by Gasteiger charge is -2.27. The molecule has 0 saturated carbocycles. The molecule has 1 aliphatic heterocycles. The molecule has 1 aromatic rings. The van der Waals surface area contributed by atoms with Crippen molar-refractivity contribution in [1.82, 2.24) is 10.2 Å². The van der Waals surface area contributed by atoms with E-state index >= 15 is 0 Å². The summed E-state index contributed by atoms with van der Waals surface area (Å²) in [5, 5.41) is 2.92. The number of rotatable bonds is 7. The van der Waals surface area contributed by atoms with Crippen LogP contribution in [0.2, 0.25) is 0 Å². The van der Waals surface area contributed by atoms with E-state index in [9.17, 15) is 4.79 Å². The Morgan fingerprint density at radius 2 is 2.22 bits per heavy atom. The van der Waals surface area contributed by atoms with Crippen molar-refractivity contribution in [2.24, 2.45) is 0 Å². The van der Waals surface area contributed by atoms with E-state index in [0.717, 1.165) is 17.7 Å².